The van der Waals surface area contributed by atoms with E-state index in [2.05, 4.69) is 5.32 Å². The third kappa shape index (κ3) is 5.73. The molecule has 0 saturated carbocycles. The van der Waals surface area contributed by atoms with Gasteiger partial charge in [-0.25, -0.2) is 13.2 Å². The first-order chi connectivity index (χ1) is 11.7. The summed E-state index contributed by atoms with van der Waals surface area (Å²) in [5.41, 5.74) is 0.469. The maximum atomic E-state index is 12.0. The highest BCUT2D eigenvalue weighted by Crippen LogP contribution is 2.25. The molecule has 6 nitrogen and oxygen atoms in total. The van der Waals surface area contributed by atoms with Crippen LogP contribution in [0, 0.1) is 0 Å². The molecule has 0 aliphatic carbocycles. The first-order valence-corrected chi connectivity index (χ1v) is 10.1. The number of sulfone groups is 1. The molecule has 1 amide bonds. The first-order valence-electron chi connectivity index (χ1n) is 7.51. The molecule has 9 heteroatoms. The van der Waals surface area contributed by atoms with Gasteiger partial charge in [-0.1, -0.05) is 29.3 Å². The van der Waals surface area contributed by atoms with E-state index in [1.807, 2.05) is 0 Å². The van der Waals surface area contributed by atoms with Gasteiger partial charge in [0.25, 0.3) is 5.91 Å². The Balaban J connectivity index is 1.89. The number of carbonyl (C=O) groups is 2. The number of ether oxygens (including phenoxy) is 1. The molecule has 0 aromatic heterocycles. The summed E-state index contributed by atoms with van der Waals surface area (Å²) in [6, 6.07) is 4.49. The molecule has 1 aromatic carbocycles. The van der Waals surface area contributed by atoms with Crippen LogP contribution in [0.3, 0.4) is 0 Å². The van der Waals surface area contributed by atoms with Crippen LogP contribution < -0.4 is 5.32 Å². The highest BCUT2D eigenvalue weighted by atomic mass is 35.5. The van der Waals surface area contributed by atoms with Crippen LogP contribution in [0.5, 0.6) is 0 Å². The van der Waals surface area contributed by atoms with Crippen LogP contribution in [0.1, 0.15) is 18.9 Å². The Labute approximate surface area is 156 Å². The zero-order valence-corrected chi connectivity index (χ0v) is 15.7. The zero-order chi connectivity index (χ0) is 18.6. The van der Waals surface area contributed by atoms with Crippen LogP contribution in [0.25, 0.3) is 6.08 Å². The lowest BCUT2D eigenvalue weighted by molar-refractivity contribution is -0.150. The summed E-state index contributed by atoms with van der Waals surface area (Å²) in [5.74, 6) is -1.32. The lowest BCUT2D eigenvalue weighted by atomic mass is 10.2. The topological polar surface area (TPSA) is 89.5 Å². The Bertz CT molecular complexity index is 786. The highest BCUT2D eigenvalue weighted by molar-refractivity contribution is 7.91. The van der Waals surface area contributed by atoms with Gasteiger partial charge in [-0.05, 0) is 31.6 Å². The predicted octanol–water partition coefficient (Wildman–Crippen LogP) is 2.24. The van der Waals surface area contributed by atoms with Gasteiger partial charge in [-0.3, -0.25) is 4.79 Å². The van der Waals surface area contributed by atoms with Crippen molar-refractivity contribution in [3.8, 4) is 0 Å². The Morgan fingerprint density at radius 1 is 1.32 bits per heavy atom. The third-order valence-corrected chi connectivity index (χ3v) is 6.05. The van der Waals surface area contributed by atoms with Gasteiger partial charge in [0.05, 0.1) is 11.5 Å². The van der Waals surface area contributed by atoms with Gasteiger partial charge in [0.1, 0.15) is 0 Å². The number of esters is 1. The number of benzene rings is 1. The largest absolute Gasteiger partial charge is 0.449 e. The molecular formula is C16H17Cl2NO5S. The minimum atomic E-state index is -3.10. The van der Waals surface area contributed by atoms with E-state index in [0.717, 1.165) is 6.08 Å². The molecule has 1 heterocycles. The summed E-state index contributed by atoms with van der Waals surface area (Å²) < 4.78 is 27.8. The Morgan fingerprint density at radius 2 is 1.96 bits per heavy atom. The van der Waals surface area contributed by atoms with Crippen LogP contribution >= 0.6 is 23.2 Å². The minimum Gasteiger partial charge on any atom is -0.449 e. The summed E-state index contributed by atoms with van der Waals surface area (Å²) in [6.07, 6.45) is 1.83. The van der Waals surface area contributed by atoms with E-state index in [4.69, 9.17) is 27.9 Å². The molecule has 0 spiro atoms. The van der Waals surface area contributed by atoms with E-state index >= 15 is 0 Å². The van der Waals surface area contributed by atoms with Crippen molar-refractivity contribution in [3.05, 3.63) is 39.9 Å². The maximum absolute atomic E-state index is 12.0. The molecule has 1 aliphatic heterocycles. The average molecular weight is 406 g/mol. The number of halogens is 2. The maximum Gasteiger partial charge on any atom is 0.331 e. The van der Waals surface area contributed by atoms with Crippen molar-refractivity contribution in [3.63, 3.8) is 0 Å². The Morgan fingerprint density at radius 3 is 2.52 bits per heavy atom. The molecule has 1 N–H and O–H groups in total. The third-order valence-electron chi connectivity index (χ3n) is 3.63. The molecule has 0 bridgehead atoms. The average Bonchev–Trinajstić information content (AvgIpc) is 2.85. The summed E-state index contributed by atoms with van der Waals surface area (Å²) in [4.78, 5) is 23.8. The zero-order valence-electron chi connectivity index (χ0n) is 13.4. The SMILES string of the molecule is C[C@@H](OC(=O)/C=C/c1c(Cl)cccc1Cl)C(=O)N[C@H]1CCS(=O)(=O)C1. The summed E-state index contributed by atoms with van der Waals surface area (Å²) in [5, 5.41) is 3.33. The fourth-order valence-electron chi connectivity index (χ4n) is 2.32. The number of rotatable bonds is 5. The van der Waals surface area contributed by atoms with Crippen molar-refractivity contribution >= 4 is 51.0 Å². The monoisotopic (exact) mass is 405 g/mol. The summed E-state index contributed by atoms with van der Waals surface area (Å²) in [7, 11) is -3.10. The van der Waals surface area contributed by atoms with Crippen molar-refractivity contribution in [1.29, 1.82) is 0 Å². The quantitative estimate of drug-likeness (QED) is 0.599. The van der Waals surface area contributed by atoms with Crippen LogP contribution in [0.4, 0.5) is 0 Å². The van der Waals surface area contributed by atoms with Gasteiger partial charge in [0.2, 0.25) is 0 Å². The lowest BCUT2D eigenvalue weighted by Crippen LogP contribution is -2.42. The predicted molar refractivity (Wildman–Crippen MR) is 96.3 cm³/mol. The van der Waals surface area contributed by atoms with Gasteiger partial charge in [-0.2, -0.15) is 0 Å². The number of hydrogen-bond donors (Lipinski definition) is 1. The van der Waals surface area contributed by atoms with Crippen molar-refractivity contribution < 1.29 is 22.7 Å². The van der Waals surface area contributed by atoms with E-state index < -0.39 is 33.9 Å². The van der Waals surface area contributed by atoms with Gasteiger partial charge in [0, 0.05) is 27.7 Å². The normalized spacial score (nSPS) is 20.4. The van der Waals surface area contributed by atoms with Gasteiger partial charge in [-0.15, -0.1) is 0 Å². The van der Waals surface area contributed by atoms with E-state index in [1.54, 1.807) is 18.2 Å². The van der Waals surface area contributed by atoms with Gasteiger partial charge in [0.15, 0.2) is 15.9 Å². The Hall–Kier alpha value is -1.57. The van der Waals surface area contributed by atoms with E-state index in [9.17, 15) is 18.0 Å². The minimum absolute atomic E-state index is 0.0491. The van der Waals surface area contributed by atoms with Crippen molar-refractivity contribution in [2.45, 2.75) is 25.5 Å². The number of hydrogen-bond acceptors (Lipinski definition) is 5. The van der Waals surface area contributed by atoms with Crippen LogP contribution in [-0.4, -0.2) is 43.9 Å². The first kappa shape index (κ1) is 19.8. The molecular weight excluding hydrogens is 389 g/mol. The molecule has 0 unspecified atom stereocenters. The number of nitrogens with one attached hydrogen (secondary N) is 1. The molecule has 1 aliphatic rings. The van der Waals surface area contributed by atoms with Crippen LogP contribution in [0.2, 0.25) is 10.0 Å². The van der Waals surface area contributed by atoms with Gasteiger partial charge < -0.3 is 10.1 Å². The lowest BCUT2D eigenvalue weighted by Gasteiger charge is -2.15. The molecule has 2 atom stereocenters. The Kier molecular flexibility index (Phi) is 6.48. The molecule has 136 valence electrons. The van der Waals surface area contributed by atoms with E-state index in [0.29, 0.717) is 22.0 Å². The molecule has 0 radical (unpaired) electrons. The number of carbonyl (C=O) groups excluding carboxylic acids is 2. The van der Waals surface area contributed by atoms with E-state index in [-0.39, 0.29) is 11.5 Å². The number of amides is 1. The highest BCUT2D eigenvalue weighted by Gasteiger charge is 2.30. The van der Waals surface area contributed by atoms with Gasteiger partial charge >= 0.3 is 5.97 Å². The molecule has 2 rings (SSSR count). The van der Waals surface area contributed by atoms with Crippen LogP contribution in [0.15, 0.2) is 24.3 Å². The second-order valence-electron chi connectivity index (χ2n) is 5.66. The second-order valence-corrected chi connectivity index (χ2v) is 8.70. The van der Waals surface area contributed by atoms with Crippen LogP contribution in [-0.2, 0) is 24.2 Å². The molecule has 1 saturated heterocycles. The smallest absolute Gasteiger partial charge is 0.331 e. The van der Waals surface area contributed by atoms with Crippen molar-refractivity contribution in [2.24, 2.45) is 0 Å². The molecule has 25 heavy (non-hydrogen) atoms. The fraction of sp³-hybridized carbons (Fsp3) is 0.375. The summed E-state index contributed by atoms with van der Waals surface area (Å²) in [6.45, 7) is 1.41. The van der Waals surface area contributed by atoms with Crippen molar-refractivity contribution in [1.82, 2.24) is 5.32 Å². The standard InChI is InChI=1S/C16H17Cl2NO5S/c1-10(16(21)19-11-7-8-25(22,23)9-11)24-15(20)6-5-12-13(17)3-2-4-14(12)18/h2-6,10-11H,7-9H2,1H3,(H,19,21)/b6-5+/t10-,11+/m1/s1. The van der Waals surface area contributed by atoms with Crippen molar-refractivity contribution in [2.75, 3.05) is 11.5 Å². The molecule has 1 aromatic rings. The fourth-order valence-corrected chi connectivity index (χ4v) is 4.51. The molecule has 1 fully saturated rings. The second kappa shape index (κ2) is 8.21. The van der Waals surface area contributed by atoms with E-state index in [1.165, 1.54) is 13.0 Å². The summed E-state index contributed by atoms with van der Waals surface area (Å²) >= 11 is 12.0.